The highest BCUT2D eigenvalue weighted by Gasteiger charge is 2.41. The number of fused-ring (bicyclic) bond motifs is 1. The number of benzene rings is 1. The Kier molecular flexibility index (Phi) is 4.85. The number of nitrogens with zero attached hydrogens (tertiary/aromatic N) is 2. The third kappa shape index (κ3) is 3.21. The molecule has 2 heterocycles. The summed E-state index contributed by atoms with van der Waals surface area (Å²) in [7, 11) is 1.93. The molecular formula is C17H24BrN3O. The van der Waals surface area contributed by atoms with Crippen molar-refractivity contribution >= 4 is 21.8 Å². The lowest BCUT2D eigenvalue weighted by Crippen LogP contribution is -2.69. The fourth-order valence-electron chi connectivity index (χ4n) is 3.56. The number of rotatable bonds is 3. The van der Waals surface area contributed by atoms with E-state index in [1.807, 2.05) is 11.9 Å². The normalized spacial score (nSPS) is 29.5. The van der Waals surface area contributed by atoms with Crippen molar-refractivity contribution in [3.63, 3.8) is 0 Å². The van der Waals surface area contributed by atoms with E-state index in [0.29, 0.717) is 12.1 Å². The zero-order chi connectivity index (χ0) is 15.7. The average molecular weight is 366 g/mol. The molecule has 2 aliphatic rings. The Morgan fingerprint density at radius 3 is 2.68 bits per heavy atom. The summed E-state index contributed by atoms with van der Waals surface area (Å²) in [6, 6.07) is 9.24. The van der Waals surface area contributed by atoms with E-state index in [4.69, 9.17) is 0 Å². The minimum Gasteiger partial charge on any atom is -0.343 e. The number of amides is 1. The maximum absolute atomic E-state index is 12.7. The monoisotopic (exact) mass is 365 g/mol. The van der Waals surface area contributed by atoms with Crippen molar-refractivity contribution in [1.29, 1.82) is 0 Å². The van der Waals surface area contributed by atoms with Gasteiger partial charge < -0.3 is 10.2 Å². The third-order valence-corrected chi connectivity index (χ3v) is 5.45. The van der Waals surface area contributed by atoms with Gasteiger partial charge in [-0.3, -0.25) is 9.69 Å². The van der Waals surface area contributed by atoms with Gasteiger partial charge >= 0.3 is 0 Å². The van der Waals surface area contributed by atoms with Gasteiger partial charge in [0.25, 0.3) is 0 Å². The molecule has 1 N–H and O–H groups in total. The Morgan fingerprint density at radius 1 is 1.27 bits per heavy atom. The molecule has 0 bridgehead atoms. The molecule has 0 spiro atoms. The molecule has 2 aliphatic heterocycles. The van der Waals surface area contributed by atoms with Crippen LogP contribution in [0.1, 0.15) is 18.9 Å². The molecular weight excluding hydrogens is 342 g/mol. The van der Waals surface area contributed by atoms with E-state index in [-0.39, 0.29) is 11.9 Å². The number of carbonyl (C=O) groups excluding carboxylic acids is 1. The Labute approximate surface area is 141 Å². The van der Waals surface area contributed by atoms with E-state index in [1.54, 1.807) is 0 Å². The molecule has 5 heteroatoms. The van der Waals surface area contributed by atoms with E-state index in [9.17, 15) is 4.79 Å². The second kappa shape index (κ2) is 6.69. The van der Waals surface area contributed by atoms with Crippen LogP contribution in [0, 0.1) is 0 Å². The summed E-state index contributed by atoms with van der Waals surface area (Å²) in [6.07, 6.45) is 1.90. The van der Waals surface area contributed by atoms with Gasteiger partial charge in [0, 0.05) is 43.2 Å². The van der Waals surface area contributed by atoms with Crippen molar-refractivity contribution in [2.75, 3.05) is 26.7 Å². The van der Waals surface area contributed by atoms with Crippen molar-refractivity contribution in [2.24, 2.45) is 0 Å². The largest absolute Gasteiger partial charge is 0.343 e. The number of halogens is 1. The van der Waals surface area contributed by atoms with Crippen molar-refractivity contribution < 1.29 is 4.79 Å². The molecule has 0 aromatic heterocycles. The van der Waals surface area contributed by atoms with Crippen LogP contribution in [0.2, 0.25) is 0 Å². The SMILES string of the molecule is CC[C@@H]1CN2[C@@H](CN1)CN(C)C(=O)[C@H]2Cc1ccc(Br)cc1. The molecule has 0 aliphatic carbocycles. The van der Waals surface area contributed by atoms with Crippen LogP contribution in [-0.2, 0) is 11.2 Å². The Morgan fingerprint density at radius 2 is 2.00 bits per heavy atom. The summed E-state index contributed by atoms with van der Waals surface area (Å²) in [5.74, 6) is 0.260. The second-order valence-corrected chi connectivity index (χ2v) is 7.34. The molecule has 1 amide bonds. The first-order chi connectivity index (χ1) is 10.6. The number of hydrogen-bond donors (Lipinski definition) is 1. The van der Waals surface area contributed by atoms with Crippen LogP contribution in [0.4, 0.5) is 0 Å². The quantitative estimate of drug-likeness (QED) is 0.888. The first-order valence-electron chi connectivity index (χ1n) is 8.07. The summed E-state index contributed by atoms with van der Waals surface area (Å²) in [5, 5.41) is 3.61. The van der Waals surface area contributed by atoms with Crippen LogP contribution in [0.3, 0.4) is 0 Å². The zero-order valence-corrected chi connectivity index (χ0v) is 14.8. The van der Waals surface area contributed by atoms with Crippen molar-refractivity contribution in [1.82, 2.24) is 15.1 Å². The number of hydrogen-bond acceptors (Lipinski definition) is 3. The molecule has 3 atom stereocenters. The van der Waals surface area contributed by atoms with E-state index in [0.717, 1.165) is 36.9 Å². The van der Waals surface area contributed by atoms with Crippen LogP contribution < -0.4 is 5.32 Å². The highest BCUT2D eigenvalue weighted by Crippen LogP contribution is 2.23. The summed E-state index contributed by atoms with van der Waals surface area (Å²) < 4.78 is 1.08. The molecule has 4 nitrogen and oxygen atoms in total. The van der Waals surface area contributed by atoms with Crippen LogP contribution >= 0.6 is 15.9 Å². The van der Waals surface area contributed by atoms with Crippen molar-refractivity contribution in [2.45, 2.75) is 37.9 Å². The predicted octanol–water partition coefficient (Wildman–Crippen LogP) is 1.88. The lowest BCUT2D eigenvalue weighted by Gasteiger charge is -2.49. The maximum atomic E-state index is 12.7. The number of carbonyl (C=O) groups is 1. The fraction of sp³-hybridized carbons (Fsp3) is 0.588. The van der Waals surface area contributed by atoms with Gasteiger partial charge in [-0.2, -0.15) is 0 Å². The fourth-order valence-corrected chi connectivity index (χ4v) is 3.83. The maximum Gasteiger partial charge on any atom is 0.240 e. The topological polar surface area (TPSA) is 35.6 Å². The van der Waals surface area contributed by atoms with Crippen molar-refractivity contribution in [3.8, 4) is 0 Å². The van der Waals surface area contributed by atoms with Gasteiger partial charge in [0.15, 0.2) is 0 Å². The van der Waals surface area contributed by atoms with E-state index in [2.05, 4.69) is 57.3 Å². The van der Waals surface area contributed by atoms with Crippen LogP contribution in [0.25, 0.3) is 0 Å². The van der Waals surface area contributed by atoms with Crippen LogP contribution in [0.15, 0.2) is 28.7 Å². The van der Waals surface area contributed by atoms with Crippen LogP contribution in [-0.4, -0.2) is 60.5 Å². The minimum atomic E-state index is -0.0268. The lowest BCUT2D eigenvalue weighted by molar-refractivity contribution is -0.144. The molecule has 1 aromatic rings. The van der Waals surface area contributed by atoms with Gasteiger partial charge in [0.2, 0.25) is 5.91 Å². The molecule has 1 aromatic carbocycles. The van der Waals surface area contributed by atoms with E-state index >= 15 is 0 Å². The Bertz CT molecular complexity index is 533. The number of nitrogens with one attached hydrogen (secondary N) is 1. The van der Waals surface area contributed by atoms with Crippen LogP contribution in [0.5, 0.6) is 0 Å². The average Bonchev–Trinajstić information content (AvgIpc) is 2.53. The first-order valence-corrected chi connectivity index (χ1v) is 8.86. The summed E-state index contributed by atoms with van der Waals surface area (Å²) >= 11 is 3.47. The lowest BCUT2D eigenvalue weighted by atomic mass is 9.95. The predicted molar refractivity (Wildman–Crippen MR) is 91.8 cm³/mol. The smallest absolute Gasteiger partial charge is 0.240 e. The second-order valence-electron chi connectivity index (χ2n) is 6.43. The molecule has 0 radical (unpaired) electrons. The highest BCUT2D eigenvalue weighted by molar-refractivity contribution is 9.10. The van der Waals surface area contributed by atoms with Crippen molar-refractivity contribution in [3.05, 3.63) is 34.3 Å². The van der Waals surface area contributed by atoms with Gasteiger partial charge in [-0.15, -0.1) is 0 Å². The summed E-state index contributed by atoms with van der Waals surface area (Å²) in [6.45, 7) is 4.99. The molecule has 120 valence electrons. The number of piperazine rings is 2. The molecule has 2 fully saturated rings. The summed E-state index contributed by atoms with van der Waals surface area (Å²) in [5.41, 5.74) is 1.22. The molecule has 2 saturated heterocycles. The van der Waals surface area contributed by atoms with Gasteiger partial charge in [-0.25, -0.2) is 0 Å². The first kappa shape index (κ1) is 16.0. The van der Waals surface area contributed by atoms with Gasteiger partial charge in [0.05, 0.1) is 6.04 Å². The third-order valence-electron chi connectivity index (χ3n) is 4.92. The molecule has 0 saturated carbocycles. The molecule has 22 heavy (non-hydrogen) atoms. The van der Waals surface area contributed by atoms with Gasteiger partial charge in [-0.05, 0) is 30.5 Å². The highest BCUT2D eigenvalue weighted by atomic mass is 79.9. The standard InChI is InChI=1S/C17H24BrN3O/c1-3-14-10-21-15(9-19-14)11-20(2)17(22)16(21)8-12-4-6-13(18)7-5-12/h4-7,14-16,19H,3,8-11H2,1-2H3/t14-,15+,16-/m1/s1. The molecule has 0 unspecified atom stereocenters. The van der Waals surface area contributed by atoms with Gasteiger partial charge in [0.1, 0.15) is 0 Å². The Balaban J connectivity index is 1.80. The van der Waals surface area contributed by atoms with E-state index in [1.165, 1.54) is 5.56 Å². The van der Waals surface area contributed by atoms with E-state index < -0.39 is 0 Å². The number of likely N-dealkylation sites (N-methyl/N-ethyl adjacent to an activating group) is 1. The minimum absolute atomic E-state index is 0.0268. The van der Waals surface area contributed by atoms with Gasteiger partial charge in [-0.1, -0.05) is 35.0 Å². The Hall–Kier alpha value is -0.910. The zero-order valence-electron chi connectivity index (χ0n) is 13.3. The molecule has 3 rings (SSSR count). The summed E-state index contributed by atoms with van der Waals surface area (Å²) in [4.78, 5) is 17.0.